The van der Waals surface area contributed by atoms with Crippen LogP contribution in [-0.4, -0.2) is 29.8 Å². The van der Waals surface area contributed by atoms with Gasteiger partial charge in [-0.15, -0.1) is 0 Å². The van der Waals surface area contributed by atoms with Gasteiger partial charge in [0.15, 0.2) is 0 Å². The highest BCUT2D eigenvalue weighted by molar-refractivity contribution is 5.80. The number of likely N-dealkylation sites (tertiary alicyclic amines) is 1. The lowest BCUT2D eigenvalue weighted by Gasteiger charge is -2.31. The lowest BCUT2D eigenvalue weighted by molar-refractivity contribution is -0.134. The lowest BCUT2D eigenvalue weighted by Crippen LogP contribution is -2.44. The number of nitrogens with zero attached hydrogens (tertiary/aromatic N) is 2. The molecule has 1 N–H and O–H groups in total. The molecule has 0 aliphatic carbocycles. The Hall–Kier alpha value is -2.35. The fraction of sp³-hybridized carbons (Fsp3) is 0.438. The number of rotatable bonds is 3. The quantitative estimate of drug-likeness (QED) is 0.913. The molecule has 0 spiro atoms. The van der Waals surface area contributed by atoms with E-state index in [1.54, 1.807) is 23.1 Å². The number of nitrogens with one attached hydrogen (secondary N) is 1. The van der Waals surface area contributed by atoms with Gasteiger partial charge in [-0.2, -0.15) is 5.26 Å². The molecular weight excluding hydrogens is 266 g/mol. The summed E-state index contributed by atoms with van der Waals surface area (Å²) >= 11 is 0. The zero-order chi connectivity index (χ0) is 15.2. The third kappa shape index (κ3) is 4.06. The van der Waals surface area contributed by atoms with Gasteiger partial charge < -0.3 is 10.2 Å². The van der Waals surface area contributed by atoms with Gasteiger partial charge in [0.25, 0.3) is 0 Å². The van der Waals surface area contributed by atoms with Gasteiger partial charge in [-0.3, -0.25) is 9.59 Å². The van der Waals surface area contributed by atoms with Gasteiger partial charge in [-0.25, -0.2) is 0 Å². The summed E-state index contributed by atoms with van der Waals surface area (Å²) in [5.74, 6) is -0.140. The number of piperidine rings is 1. The van der Waals surface area contributed by atoms with Crippen molar-refractivity contribution in [1.29, 1.82) is 5.26 Å². The standard InChI is InChI=1S/C16H19N3O2/c1-12(20)19-7-3-6-15(11-19)16(21)18-10-14-5-2-4-13(8-14)9-17/h2,4-5,8,15H,3,6-7,10-11H2,1H3,(H,18,21). The van der Waals surface area contributed by atoms with E-state index in [1.165, 1.54) is 6.92 Å². The second-order valence-corrected chi connectivity index (χ2v) is 5.33. The van der Waals surface area contributed by atoms with Crippen LogP contribution in [0.3, 0.4) is 0 Å². The highest BCUT2D eigenvalue weighted by atomic mass is 16.2. The molecule has 21 heavy (non-hydrogen) atoms. The van der Waals surface area contributed by atoms with Crippen molar-refractivity contribution in [2.24, 2.45) is 5.92 Å². The Balaban J connectivity index is 1.89. The molecule has 0 aromatic heterocycles. The average molecular weight is 285 g/mol. The average Bonchev–Trinajstić information content (AvgIpc) is 2.53. The summed E-state index contributed by atoms with van der Waals surface area (Å²) in [7, 11) is 0. The molecule has 0 bridgehead atoms. The van der Waals surface area contributed by atoms with Gasteiger partial charge in [0, 0.05) is 26.6 Å². The summed E-state index contributed by atoms with van der Waals surface area (Å²) in [6.45, 7) is 3.18. The highest BCUT2D eigenvalue weighted by Crippen LogP contribution is 2.17. The van der Waals surface area contributed by atoms with E-state index in [4.69, 9.17) is 5.26 Å². The fourth-order valence-corrected chi connectivity index (χ4v) is 2.56. The van der Waals surface area contributed by atoms with Crippen LogP contribution in [0.15, 0.2) is 24.3 Å². The Bertz CT molecular complexity index is 577. The molecule has 5 heteroatoms. The first-order valence-electron chi connectivity index (χ1n) is 7.12. The van der Waals surface area contributed by atoms with Gasteiger partial charge in [-0.1, -0.05) is 12.1 Å². The van der Waals surface area contributed by atoms with Gasteiger partial charge >= 0.3 is 0 Å². The molecule has 1 fully saturated rings. The largest absolute Gasteiger partial charge is 0.352 e. The lowest BCUT2D eigenvalue weighted by atomic mass is 9.97. The predicted molar refractivity (Wildman–Crippen MR) is 78.0 cm³/mol. The zero-order valence-corrected chi connectivity index (χ0v) is 12.1. The van der Waals surface area contributed by atoms with E-state index in [2.05, 4.69) is 11.4 Å². The highest BCUT2D eigenvalue weighted by Gasteiger charge is 2.26. The Morgan fingerprint density at radius 3 is 3.00 bits per heavy atom. The van der Waals surface area contributed by atoms with Crippen LogP contribution < -0.4 is 5.32 Å². The van der Waals surface area contributed by atoms with Crippen molar-refractivity contribution in [3.8, 4) is 6.07 Å². The minimum atomic E-state index is -0.137. The summed E-state index contributed by atoms with van der Waals surface area (Å²) < 4.78 is 0. The van der Waals surface area contributed by atoms with Gasteiger partial charge in [0.1, 0.15) is 0 Å². The van der Waals surface area contributed by atoms with Crippen molar-refractivity contribution in [2.45, 2.75) is 26.3 Å². The second-order valence-electron chi connectivity index (χ2n) is 5.33. The molecule has 0 saturated carbocycles. The molecule has 110 valence electrons. The van der Waals surface area contributed by atoms with E-state index in [-0.39, 0.29) is 17.7 Å². The minimum absolute atomic E-state index is 0.0224. The molecule has 1 saturated heterocycles. The van der Waals surface area contributed by atoms with Crippen molar-refractivity contribution < 1.29 is 9.59 Å². The molecule has 1 heterocycles. The Labute approximate surface area is 124 Å². The maximum absolute atomic E-state index is 12.2. The van der Waals surface area contributed by atoms with E-state index in [1.807, 2.05) is 6.07 Å². The van der Waals surface area contributed by atoms with Crippen LogP contribution in [0.25, 0.3) is 0 Å². The Kier molecular flexibility index (Phi) is 4.94. The normalized spacial score (nSPS) is 17.9. The van der Waals surface area contributed by atoms with Crippen molar-refractivity contribution in [1.82, 2.24) is 10.2 Å². The molecule has 1 atom stereocenters. The summed E-state index contributed by atoms with van der Waals surface area (Å²) in [5.41, 5.74) is 1.49. The van der Waals surface area contributed by atoms with Crippen molar-refractivity contribution in [3.63, 3.8) is 0 Å². The van der Waals surface area contributed by atoms with E-state index in [9.17, 15) is 9.59 Å². The predicted octanol–water partition coefficient (Wildman–Crippen LogP) is 1.43. The van der Waals surface area contributed by atoms with Gasteiger partial charge in [0.05, 0.1) is 17.6 Å². The molecule has 1 aromatic carbocycles. The van der Waals surface area contributed by atoms with Crippen molar-refractivity contribution in [3.05, 3.63) is 35.4 Å². The topological polar surface area (TPSA) is 73.2 Å². The van der Waals surface area contributed by atoms with Crippen LogP contribution >= 0.6 is 0 Å². The van der Waals surface area contributed by atoms with E-state index < -0.39 is 0 Å². The third-order valence-corrected chi connectivity index (χ3v) is 3.76. The van der Waals surface area contributed by atoms with Gasteiger partial charge in [0.2, 0.25) is 11.8 Å². The zero-order valence-electron chi connectivity index (χ0n) is 12.1. The monoisotopic (exact) mass is 285 g/mol. The molecular formula is C16H19N3O2. The first kappa shape index (κ1) is 15.0. The number of carbonyl (C=O) groups is 2. The minimum Gasteiger partial charge on any atom is -0.352 e. The van der Waals surface area contributed by atoms with Crippen LogP contribution in [0.2, 0.25) is 0 Å². The number of nitriles is 1. The van der Waals surface area contributed by atoms with Crippen LogP contribution in [-0.2, 0) is 16.1 Å². The molecule has 2 rings (SSSR count). The summed E-state index contributed by atoms with van der Waals surface area (Å²) in [5, 5.41) is 11.7. The summed E-state index contributed by atoms with van der Waals surface area (Å²) in [6, 6.07) is 9.26. The number of hydrogen-bond donors (Lipinski definition) is 1. The first-order valence-corrected chi connectivity index (χ1v) is 7.12. The molecule has 1 aromatic rings. The molecule has 1 unspecified atom stereocenters. The summed E-state index contributed by atoms with van der Waals surface area (Å²) in [4.78, 5) is 25.3. The maximum Gasteiger partial charge on any atom is 0.225 e. The van der Waals surface area contributed by atoms with E-state index >= 15 is 0 Å². The van der Waals surface area contributed by atoms with Crippen molar-refractivity contribution >= 4 is 11.8 Å². The smallest absolute Gasteiger partial charge is 0.225 e. The molecule has 1 aliphatic heterocycles. The maximum atomic E-state index is 12.2. The molecule has 0 radical (unpaired) electrons. The van der Waals surface area contributed by atoms with E-state index in [0.717, 1.165) is 24.9 Å². The molecule has 5 nitrogen and oxygen atoms in total. The summed E-state index contributed by atoms with van der Waals surface area (Å²) in [6.07, 6.45) is 1.68. The van der Waals surface area contributed by atoms with Crippen molar-refractivity contribution in [2.75, 3.05) is 13.1 Å². The molecule has 1 aliphatic rings. The molecule has 2 amide bonds. The Morgan fingerprint density at radius 1 is 1.48 bits per heavy atom. The third-order valence-electron chi connectivity index (χ3n) is 3.76. The SMILES string of the molecule is CC(=O)N1CCCC(C(=O)NCc2cccc(C#N)c2)C1. The fourth-order valence-electron chi connectivity index (χ4n) is 2.56. The van der Waals surface area contributed by atoms with Crippen LogP contribution in [0.1, 0.15) is 30.9 Å². The second kappa shape index (κ2) is 6.89. The number of carbonyl (C=O) groups excluding carboxylic acids is 2. The van der Waals surface area contributed by atoms with Crippen LogP contribution in [0.5, 0.6) is 0 Å². The first-order chi connectivity index (χ1) is 10.1. The van der Waals surface area contributed by atoms with Gasteiger partial charge in [-0.05, 0) is 30.5 Å². The van der Waals surface area contributed by atoms with E-state index in [0.29, 0.717) is 18.7 Å². The number of amides is 2. The van der Waals surface area contributed by atoms with Crippen LogP contribution in [0, 0.1) is 17.2 Å². The number of benzene rings is 1. The Morgan fingerprint density at radius 2 is 2.29 bits per heavy atom. The number of hydrogen-bond acceptors (Lipinski definition) is 3. The van der Waals surface area contributed by atoms with Crippen LogP contribution in [0.4, 0.5) is 0 Å².